The Kier molecular flexibility index (Phi) is 3.96. The maximum Gasteiger partial charge on any atom is 0.311 e. The van der Waals surface area contributed by atoms with Crippen molar-refractivity contribution in [3.8, 4) is 17.6 Å². The molecule has 0 radical (unpaired) electrons. The van der Waals surface area contributed by atoms with Crippen LogP contribution >= 0.6 is 0 Å². The summed E-state index contributed by atoms with van der Waals surface area (Å²) in [6.45, 7) is 1.92. The number of benzene rings is 2. The first-order valence-corrected chi connectivity index (χ1v) is 6.10. The standard InChI is InChI=1S/C15H12N2O3/c1-2-11-7-8-15(13(9-11)17(18)19)20-14-6-4-3-5-12(14)10-16/h3-9H,2H2,1H3. The second-order valence-electron chi connectivity index (χ2n) is 4.12. The molecule has 0 amide bonds. The number of nitrogens with zero attached hydrogens (tertiary/aromatic N) is 2. The summed E-state index contributed by atoms with van der Waals surface area (Å²) in [6, 6.07) is 13.4. The van der Waals surface area contributed by atoms with Crippen molar-refractivity contribution in [3.05, 3.63) is 63.7 Å². The van der Waals surface area contributed by atoms with E-state index in [0.717, 1.165) is 5.56 Å². The van der Waals surface area contributed by atoms with E-state index in [-0.39, 0.29) is 11.4 Å². The summed E-state index contributed by atoms with van der Waals surface area (Å²) < 4.78 is 5.53. The first-order chi connectivity index (χ1) is 9.65. The molecule has 0 saturated heterocycles. The lowest BCUT2D eigenvalue weighted by atomic mass is 10.1. The molecule has 100 valence electrons. The van der Waals surface area contributed by atoms with Gasteiger partial charge in [0.05, 0.1) is 10.5 Å². The summed E-state index contributed by atoms with van der Waals surface area (Å²) in [5.41, 5.74) is 1.09. The normalized spacial score (nSPS) is 9.80. The third-order valence-corrected chi connectivity index (χ3v) is 2.86. The van der Waals surface area contributed by atoms with Crippen molar-refractivity contribution in [2.24, 2.45) is 0 Å². The van der Waals surface area contributed by atoms with Crippen LogP contribution in [-0.4, -0.2) is 4.92 Å². The summed E-state index contributed by atoms with van der Waals surface area (Å²) in [5.74, 6) is 0.442. The second kappa shape index (κ2) is 5.85. The van der Waals surface area contributed by atoms with E-state index in [1.165, 1.54) is 6.07 Å². The lowest BCUT2D eigenvalue weighted by molar-refractivity contribution is -0.385. The van der Waals surface area contributed by atoms with Crippen LogP contribution in [0.1, 0.15) is 18.1 Å². The van der Waals surface area contributed by atoms with E-state index >= 15 is 0 Å². The number of aryl methyl sites for hydroxylation is 1. The number of nitro groups is 1. The summed E-state index contributed by atoms with van der Waals surface area (Å²) in [5, 5.41) is 20.1. The van der Waals surface area contributed by atoms with E-state index in [1.54, 1.807) is 36.4 Å². The summed E-state index contributed by atoms with van der Waals surface area (Å²) >= 11 is 0. The summed E-state index contributed by atoms with van der Waals surface area (Å²) in [7, 11) is 0. The fraction of sp³-hybridized carbons (Fsp3) is 0.133. The molecule has 0 atom stereocenters. The van der Waals surface area contributed by atoms with Crippen molar-refractivity contribution in [2.75, 3.05) is 0 Å². The van der Waals surface area contributed by atoms with Gasteiger partial charge in [-0.25, -0.2) is 0 Å². The van der Waals surface area contributed by atoms with Gasteiger partial charge in [0.1, 0.15) is 11.8 Å². The van der Waals surface area contributed by atoms with E-state index < -0.39 is 4.92 Å². The molecule has 2 rings (SSSR count). The molecule has 0 heterocycles. The number of ether oxygens (including phenoxy) is 1. The maximum atomic E-state index is 11.1. The molecular weight excluding hydrogens is 256 g/mol. The largest absolute Gasteiger partial charge is 0.449 e. The number of rotatable bonds is 4. The first kappa shape index (κ1) is 13.6. The highest BCUT2D eigenvalue weighted by Gasteiger charge is 2.17. The van der Waals surface area contributed by atoms with Crippen molar-refractivity contribution in [3.63, 3.8) is 0 Å². The van der Waals surface area contributed by atoms with Gasteiger partial charge in [-0.1, -0.05) is 25.1 Å². The van der Waals surface area contributed by atoms with E-state index in [9.17, 15) is 10.1 Å². The monoisotopic (exact) mass is 268 g/mol. The lowest BCUT2D eigenvalue weighted by Crippen LogP contribution is -1.96. The molecule has 0 N–H and O–H groups in total. The van der Waals surface area contributed by atoms with Crippen LogP contribution < -0.4 is 4.74 Å². The fourth-order valence-corrected chi connectivity index (χ4v) is 1.78. The zero-order chi connectivity index (χ0) is 14.5. The van der Waals surface area contributed by atoms with Gasteiger partial charge >= 0.3 is 5.69 Å². The van der Waals surface area contributed by atoms with Crippen molar-refractivity contribution in [1.29, 1.82) is 5.26 Å². The van der Waals surface area contributed by atoms with Crippen molar-refractivity contribution in [2.45, 2.75) is 13.3 Å². The Morgan fingerprint density at radius 2 is 2.00 bits per heavy atom. The Morgan fingerprint density at radius 1 is 1.25 bits per heavy atom. The smallest absolute Gasteiger partial charge is 0.311 e. The quantitative estimate of drug-likeness (QED) is 0.623. The summed E-state index contributed by atoms with van der Waals surface area (Å²) in [6.07, 6.45) is 0.704. The van der Waals surface area contributed by atoms with Crippen molar-refractivity contribution in [1.82, 2.24) is 0 Å². The van der Waals surface area contributed by atoms with Crippen LogP contribution in [0.25, 0.3) is 0 Å². The average molecular weight is 268 g/mol. The van der Waals surface area contributed by atoms with E-state index in [1.807, 2.05) is 13.0 Å². The predicted molar refractivity (Wildman–Crippen MR) is 73.7 cm³/mol. The maximum absolute atomic E-state index is 11.1. The number of nitriles is 1. The Bertz CT molecular complexity index is 690. The number of hydrogen-bond donors (Lipinski definition) is 0. The molecule has 0 bridgehead atoms. The SMILES string of the molecule is CCc1ccc(Oc2ccccc2C#N)c([N+](=O)[O-])c1. The van der Waals surface area contributed by atoms with Gasteiger partial charge in [-0.3, -0.25) is 10.1 Å². The molecule has 0 aromatic heterocycles. The Hall–Kier alpha value is -2.87. The first-order valence-electron chi connectivity index (χ1n) is 6.10. The van der Waals surface area contributed by atoms with Gasteiger partial charge < -0.3 is 4.74 Å². The topological polar surface area (TPSA) is 76.2 Å². The molecule has 20 heavy (non-hydrogen) atoms. The van der Waals surface area contributed by atoms with Gasteiger partial charge in [0.15, 0.2) is 0 Å². The third-order valence-electron chi connectivity index (χ3n) is 2.86. The molecule has 5 nitrogen and oxygen atoms in total. The third kappa shape index (κ3) is 2.75. The number of nitro benzene ring substituents is 1. The molecule has 5 heteroatoms. The summed E-state index contributed by atoms with van der Waals surface area (Å²) in [4.78, 5) is 10.6. The molecule has 0 aliphatic carbocycles. The Morgan fingerprint density at radius 3 is 2.65 bits per heavy atom. The van der Waals surface area contributed by atoms with Crippen LogP contribution in [0.5, 0.6) is 11.5 Å². The molecule has 2 aromatic rings. The van der Waals surface area contributed by atoms with Crippen molar-refractivity contribution >= 4 is 5.69 Å². The molecular formula is C15H12N2O3. The molecule has 0 aliphatic heterocycles. The van der Waals surface area contributed by atoms with Crippen LogP contribution in [0.2, 0.25) is 0 Å². The molecule has 0 saturated carbocycles. The zero-order valence-corrected chi connectivity index (χ0v) is 10.9. The van der Waals surface area contributed by atoms with Gasteiger partial charge in [0.25, 0.3) is 0 Å². The Labute approximate surface area is 116 Å². The van der Waals surface area contributed by atoms with Crippen LogP contribution in [0.15, 0.2) is 42.5 Å². The van der Waals surface area contributed by atoms with E-state index in [4.69, 9.17) is 10.00 Å². The van der Waals surface area contributed by atoms with Crippen LogP contribution in [0.4, 0.5) is 5.69 Å². The molecule has 0 fully saturated rings. The van der Waals surface area contributed by atoms with Gasteiger partial charge in [0.2, 0.25) is 5.75 Å². The molecule has 2 aromatic carbocycles. The Balaban J connectivity index is 2.43. The van der Waals surface area contributed by atoms with Crippen LogP contribution in [-0.2, 0) is 6.42 Å². The average Bonchev–Trinajstić information content (AvgIpc) is 2.48. The minimum Gasteiger partial charge on any atom is -0.449 e. The fourth-order valence-electron chi connectivity index (χ4n) is 1.78. The second-order valence-corrected chi connectivity index (χ2v) is 4.12. The highest BCUT2D eigenvalue weighted by molar-refractivity contribution is 5.53. The minimum absolute atomic E-state index is 0.0999. The highest BCUT2D eigenvalue weighted by atomic mass is 16.6. The van der Waals surface area contributed by atoms with Crippen LogP contribution in [0, 0.1) is 21.4 Å². The van der Waals surface area contributed by atoms with E-state index in [2.05, 4.69) is 0 Å². The number of hydrogen-bond acceptors (Lipinski definition) is 4. The van der Waals surface area contributed by atoms with Crippen molar-refractivity contribution < 1.29 is 9.66 Å². The molecule has 0 spiro atoms. The van der Waals surface area contributed by atoms with Gasteiger partial charge in [-0.2, -0.15) is 5.26 Å². The lowest BCUT2D eigenvalue weighted by Gasteiger charge is -2.08. The van der Waals surface area contributed by atoms with Gasteiger partial charge in [-0.05, 0) is 30.2 Å². The highest BCUT2D eigenvalue weighted by Crippen LogP contribution is 2.33. The molecule has 0 aliphatic rings. The minimum atomic E-state index is -0.483. The predicted octanol–water partition coefficient (Wildman–Crippen LogP) is 3.82. The van der Waals surface area contributed by atoms with E-state index in [0.29, 0.717) is 17.7 Å². The zero-order valence-electron chi connectivity index (χ0n) is 10.9. The van der Waals surface area contributed by atoms with Gasteiger partial charge in [0, 0.05) is 6.07 Å². The van der Waals surface area contributed by atoms with Gasteiger partial charge in [-0.15, -0.1) is 0 Å². The molecule has 0 unspecified atom stereocenters. The van der Waals surface area contributed by atoms with Crippen LogP contribution in [0.3, 0.4) is 0 Å². The number of para-hydroxylation sites is 1.